The second-order valence-electron chi connectivity index (χ2n) is 7.60. The first-order valence-electron chi connectivity index (χ1n) is 9.64. The molecule has 1 N–H and O–H groups in total. The Morgan fingerprint density at radius 3 is 2.33 bits per heavy atom. The fraction of sp³-hybridized carbons (Fsp3) is 0.409. The zero-order valence-electron chi connectivity index (χ0n) is 15.4. The third-order valence-corrected chi connectivity index (χ3v) is 5.79. The lowest BCUT2D eigenvalue weighted by atomic mass is 9.84. The summed E-state index contributed by atoms with van der Waals surface area (Å²) < 4.78 is 14.1. The van der Waals surface area contributed by atoms with Gasteiger partial charge in [-0.1, -0.05) is 30.3 Å². The molecule has 0 aromatic heterocycles. The third kappa shape index (κ3) is 3.75. The Morgan fingerprint density at radius 2 is 1.70 bits per heavy atom. The van der Waals surface area contributed by atoms with E-state index in [-0.39, 0.29) is 11.7 Å². The smallest absolute Gasteiger partial charge is 0.227 e. The lowest BCUT2D eigenvalue weighted by molar-refractivity contribution is -0.117. The van der Waals surface area contributed by atoms with Crippen molar-refractivity contribution >= 4 is 11.6 Å². The van der Waals surface area contributed by atoms with E-state index in [0.29, 0.717) is 24.8 Å². The molecule has 0 bridgehead atoms. The highest BCUT2D eigenvalue weighted by Gasteiger charge is 2.35. The molecule has 2 saturated heterocycles. The summed E-state index contributed by atoms with van der Waals surface area (Å²) in [4.78, 5) is 16.0. The van der Waals surface area contributed by atoms with Gasteiger partial charge >= 0.3 is 0 Å². The second kappa shape index (κ2) is 7.41. The van der Waals surface area contributed by atoms with Gasteiger partial charge in [0.2, 0.25) is 5.91 Å². The van der Waals surface area contributed by atoms with E-state index in [9.17, 15) is 14.3 Å². The van der Waals surface area contributed by atoms with Crippen LogP contribution < -0.4 is 4.90 Å². The Hall–Kier alpha value is -2.24. The molecule has 0 aliphatic carbocycles. The van der Waals surface area contributed by atoms with Crippen LogP contribution in [0.25, 0.3) is 0 Å². The maximum Gasteiger partial charge on any atom is 0.227 e. The molecule has 2 aliphatic heterocycles. The van der Waals surface area contributed by atoms with Crippen LogP contribution in [0.15, 0.2) is 48.5 Å². The largest absolute Gasteiger partial charge is 0.385 e. The summed E-state index contributed by atoms with van der Waals surface area (Å²) in [6.45, 7) is 3.04. The van der Waals surface area contributed by atoms with Crippen LogP contribution in [0.5, 0.6) is 0 Å². The number of hydrogen-bond acceptors (Lipinski definition) is 3. The molecule has 0 atom stereocenters. The van der Waals surface area contributed by atoms with Gasteiger partial charge in [-0.15, -0.1) is 0 Å². The van der Waals surface area contributed by atoms with E-state index in [1.807, 2.05) is 17.0 Å². The van der Waals surface area contributed by atoms with Crippen molar-refractivity contribution in [1.82, 2.24) is 4.90 Å². The summed E-state index contributed by atoms with van der Waals surface area (Å²) in [5.74, 6) is -0.133. The van der Waals surface area contributed by atoms with E-state index in [4.69, 9.17) is 0 Å². The fourth-order valence-corrected chi connectivity index (χ4v) is 4.15. The number of hydrogen-bond donors (Lipinski definition) is 1. The minimum atomic E-state index is -1.08. The van der Waals surface area contributed by atoms with Crippen molar-refractivity contribution in [3.05, 3.63) is 65.5 Å². The van der Waals surface area contributed by atoms with Gasteiger partial charge in [0.05, 0.1) is 5.60 Å². The molecule has 0 spiro atoms. The molecule has 2 heterocycles. The average molecular weight is 368 g/mol. The van der Waals surface area contributed by atoms with E-state index in [1.54, 1.807) is 18.2 Å². The molecule has 142 valence electrons. The van der Waals surface area contributed by atoms with Gasteiger partial charge < -0.3 is 10.0 Å². The Labute approximate surface area is 159 Å². The van der Waals surface area contributed by atoms with Gasteiger partial charge in [0.25, 0.3) is 0 Å². The van der Waals surface area contributed by atoms with Crippen LogP contribution in [0.1, 0.15) is 36.8 Å². The Balaban J connectivity index is 1.37. The minimum absolute atomic E-state index is 0.200. The minimum Gasteiger partial charge on any atom is -0.385 e. The van der Waals surface area contributed by atoms with Crippen LogP contribution in [-0.4, -0.2) is 35.5 Å². The first-order valence-corrected chi connectivity index (χ1v) is 9.64. The molecular weight excluding hydrogens is 343 g/mol. The van der Waals surface area contributed by atoms with E-state index in [0.717, 1.165) is 38.3 Å². The average Bonchev–Trinajstić information content (AvgIpc) is 3.11. The molecule has 4 nitrogen and oxygen atoms in total. The summed E-state index contributed by atoms with van der Waals surface area (Å²) in [5, 5.41) is 10.9. The molecule has 5 heteroatoms. The van der Waals surface area contributed by atoms with Crippen LogP contribution >= 0.6 is 0 Å². The highest BCUT2D eigenvalue weighted by molar-refractivity contribution is 5.95. The highest BCUT2D eigenvalue weighted by atomic mass is 19.1. The van der Waals surface area contributed by atoms with Gasteiger partial charge in [-0.05, 0) is 43.0 Å². The zero-order chi connectivity index (χ0) is 18.9. The molecule has 2 aliphatic rings. The number of nitrogens with zero attached hydrogens (tertiary/aromatic N) is 2. The highest BCUT2D eigenvalue weighted by Crippen LogP contribution is 2.34. The number of aliphatic hydroxyl groups is 1. The molecule has 0 unspecified atom stereocenters. The molecule has 0 radical (unpaired) electrons. The quantitative estimate of drug-likeness (QED) is 0.899. The number of piperidine rings is 1. The monoisotopic (exact) mass is 368 g/mol. The zero-order valence-corrected chi connectivity index (χ0v) is 15.4. The topological polar surface area (TPSA) is 43.8 Å². The summed E-state index contributed by atoms with van der Waals surface area (Å²) in [5.41, 5.74) is 1.47. The molecule has 0 saturated carbocycles. The van der Waals surface area contributed by atoms with Crippen molar-refractivity contribution in [2.45, 2.75) is 37.8 Å². The number of benzene rings is 2. The van der Waals surface area contributed by atoms with Gasteiger partial charge in [-0.25, -0.2) is 4.39 Å². The van der Waals surface area contributed by atoms with Crippen LogP contribution in [-0.2, 0) is 16.9 Å². The lowest BCUT2D eigenvalue weighted by Crippen LogP contribution is -2.42. The number of rotatable bonds is 4. The summed E-state index contributed by atoms with van der Waals surface area (Å²) in [6.07, 6.45) is 2.61. The molecule has 27 heavy (non-hydrogen) atoms. The number of likely N-dealkylation sites (tertiary alicyclic amines) is 1. The van der Waals surface area contributed by atoms with Crippen molar-refractivity contribution < 1.29 is 14.3 Å². The van der Waals surface area contributed by atoms with Crippen LogP contribution in [0.3, 0.4) is 0 Å². The molecule has 2 aromatic carbocycles. The first-order chi connectivity index (χ1) is 13.0. The van der Waals surface area contributed by atoms with E-state index < -0.39 is 5.60 Å². The summed E-state index contributed by atoms with van der Waals surface area (Å²) in [6, 6.07) is 14.7. The summed E-state index contributed by atoms with van der Waals surface area (Å²) in [7, 11) is 0. The van der Waals surface area contributed by atoms with Gasteiger partial charge in [0, 0.05) is 43.9 Å². The second-order valence-corrected chi connectivity index (χ2v) is 7.60. The number of amides is 1. The standard InChI is InChI=1S/C22H25FN2O2/c23-20-5-2-1-4-19(20)22(27)11-14-24(15-12-22)16-17-7-9-18(10-8-17)25-13-3-6-21(25)26/h1-2,4-5,7-10,27H,3,6,11-16H2. The number of anilines is 1. The van der Waals surface area contributed by atoms with Crippen molar-refractivity contribution in [2.24, 2.45) is 0 Å². The van der Waals surface area contributed by atoms with Crippen molar-refractivity contribution in [3.63, 3.8) is 0 Å². The van der Waals surface area contributed by atoms with Gasteiger partial charge in [0.1, 0.15) is 5.82 Å². The predicted octanol–water partition coefficient (Wildman–Crippen LogP) is 3.44. The molecule has 2 aromatic rings. The molecule has 1 amide bonds. The first kappa shape index (κ1) is 18.1. The molecular formula is C22H25FN2O2. The van der Waals surface area contributed by atoms with Crippen LogP contribution in [0.4, 0.5) is 10.1 Å². The SMILES string of the molecule is O=C1CCCN1c1ccc(CN2CCC(O)(c3ccccc3F)CC2)cc1. The maximum absolute atomic E-state index is 14.1. The predicted molar refractivity (Wildman–Crippen MR) is 103 cm³/mol. The Kier molecular flexibility index (Phi) is 4.98. The maximum atomic E-state index is 14.1. The molecule has 2 fully saturated rings. The third-order valence-electron chi connectivity index (χ3n) is 5.79. The van der Waals surface area contributed by atoms with E-state index in [2.05, 4.69) is 17.0 Å². The summed E-state index contributed by atoms with van der Waals surface area (Å²) >= 11 is 0. The lowest BCUT2D eigenvalue weighted by Gasteiger charge is -2.38. The van der Waals surface area contributed by atoms with E-state index >= 15 is 0 Å². The number of carbonyl (C=O) groups is 1. The number of carbonyl (C=O) groups excluding carboxylic acids is 1. The Bertz CT molecular complexity index is 813. The fourth-order valence-electron chi connectivity index (χ4n) is 4.15. The van der Waals surface area contributed by atoms with Gasteiger partial charge in [-0.3, -0.25) is 9.69 Å². The van der Waals surface area contributed by atoms with Crippen LogP contribution in [0, 0.1) is 5.82 Å². The van der Waals surface area contributed by atoms with Gasteiger partial charge in [-0.2, -0.15) is 0 Å². The Morgan fingerprint density at radius 1 is 1.00 bits per heavy atom. The van der Waals surface area contributed by atoms with Crippen molar-refractivity contribution in [1.29, 1.82) is 0 Å². The van der Waals surface area contributed by atoms with Crippen molar-refractivity contribution in [3.8, 4) is 0 Å². The van der Waals surface area contributed by atoms with Crippen LogP contribution in [0.2, 0.25) is 0 Å². The normalized spacial score (nSPS) is 20.2. The molecule has 4 rings (SSSR count). The van der Waals surface area contributed by atoms with Gasteiger partial charge in [0.15, 0.2) is 0 Å². The van der Waals surface area contributed by atoms with Crippen molar-refractivity contribution in [2.75, 3.05) is 24.5 Å². The van der Waals surface area contributed by atoms with E-state index in [1.165, 1.54) is 11.6 Å². The number of halogens is 1.